The van der Waals surface area contributed by atoms with Crippen LogP contribution in [0.5, 0.6) is 5.75 Å². The molecule has 0 radical (unpaired) electrons. The van der Waals surface area contributed by atoms with Gasteiger partial charge in [0.25, 0.3) is 0 Å². The number of ether oxygens (including phenoxy) is 1. The number of benzene rings is 3. The van der Waals surface area contributed by atoms with Gasteiger partial charge >= 0.3 is 6.03 Å². The number of amides is 3. The van der Waals surface area contributed by atoms with Crippen molar-refractivity contribution in [3.63, 3.8) is 0 Å². The van der Waals surface area contributed by atoms with Crippen LogP contribution in [0.15, 0.2) is 83.8 Å². The Kier molecular flexibility index (Phi) is 7.34. The molecule has 1 unspecified atom stereocenters. The number of rotatable bonds is 7. The Balaban J connectivity index is 1.53. The molecule has 154 valence electrons. The van der Waals surface area contributed by atoms with Crippen LogP contribution < -0.4 is 20.7 Å². The Labute approximate surface area is 180 Å². The van der Waals surface area contributed by atoms with Gasteiger partial charge in [-0.1, -0.05) is 30.3 Å². The molecular formula is C23H23N3O3S. The molecule has 0 aliphatic rings. The second kappa shape index (κ2) is 10.4. The van der Waals surface area contributed by atoms with Crippen LogP contribution in [0.4, 0.5) is 21.9 Å². The van der Waals surface area contributed by atoms with Gasteiger partial charge in [-0.2, -0.15) is 0 Å². The van der Waals surface area contributed by atoms with Gasteiger partial charge in [-0.05, 0) is 55.5 Å². The predicted molar refractivity (Wildman–Crippen MR) is 122 cm³/mol. The number of hydrogen-bond donors (Lipinski definition) is 3. The summed E-state index contributed by atoms with van der Waals surface area (Å²) in [6.07, 6.45) is 0. The molecule has 3 rings (SSSR count). The minimum absolute atomic E-state index is 0.117. The largest absolute Gasteiger partial charge is 0.495 e. The summed E-state index contributed by atoms with van der Waals surface area (Å²) in [6, 6.07) is 23.6. The highest BCUT2D eigenvalue weighted by Gasteiger charge is 2.16. The quantitative estimate of drug-likeness (QED) is 0.443. The fourth-order valence-corrected chi connectivity index (χ4v) is 3.54. The molecular weight excluding hydrogens is 398 g/mol. The van der Waals surface area contributed by atoms with Crippen molar-refractivity contribution in [2.45, 2.75) is 17.1 Å². The summed E-state index contributed by atoms with van der Waals surface area (Å²) in [6.45, 7) is 1.84. The fourth-order valence-electron chi connectivity index (χ4n) is 2.67. The van der Waals surface area contributed by atoms with Crippen molar-refractivity contribution < 1.29 is 14.3 Å². The van der Waals surface area contributed by atoms with Crippen LogP contribution >= 0.6 is 11.8 Å². The summed E-state index contributed by atoms with van der Waals surface area (Å²) in [5.74, 6) is 0.501. The molecule has 0 bridgehead atoms. The van der Waals surface area contributed by atoms with E-state index in [2.05, 4.69) is 16.0 Å². The average molecular weight is 422 g/mol. The Morgan fingerprint density at radius 1 is 0.800 bits per heavy atom. The van der Waals surface area contributed by atoms with Crippen molar-refractivity contribution in [2.24, 2.45) is 0 Å². The summed E-state index contributed by atoms with van der Waals surface area (Å²) in [7, 11) is 1.57. The molecule has 0 aliphatic carbocycles. The monoisotopic (exact) mass is 421 g/mol. The standard InChI is InChI=1S/C23H23N3O3S/c1-16(22(27)26-20-10-6-7-11-21(20)29-2)30-19-14-12-18(13-15-19)25-23(28)24-17-8-4-3-5-9-17/h3-16H,1-2H3,(H,26,27)(H2,24,25,28). The van der Waals surface area contributed by atoms with Crippen LogP contribution in [-0.2, 0) is 4.79 Å². The number of carbonyl (C=O) groups excluding carboxylic acids is 2. The number of anilines is 3. The van der Waals surface area contributed by atoms with Crippen molar-refractivity contribution in [3.8, 4) is 5.75 Å². The molecule has 7 heteroatoms. The van der Waals surface area contributed by atoms with Crippen LogP contribution in [0, 0.1) is 0 Å². The minimum Gasteiger partial charge on any atom is -0.495 e. The summed E-state index contributed by atoms with van der Waals surface area (Å²) in [5.41, 5.74) is 2.03. The summed E-state index contributed by atoms with van der Waals surface area (Å²) < 4.78 is 5.27. The van der Waals surface area contributed by atoms with E-state index in [0.29, 0.717) is 17.1 Å². The topological polar surface area (TPSA) is 79.5 Å². The lowest BCUT2D eigenvalue weighted by Gasteiger charge is -2.14. The van der Waals surface area contributed by atoms with E-state index in [0.717, 1.165) is 10.6 Å². The maximum absolute atomic E-state index is 12.5. The zero-order chi connectivity index (χ0) is 21.3. The van der Waals surface area contributed by atoms with Gasteiger partial charge in [-0.15, -0.1) is 11.8 Å². The van der Waals surface area contributed by atoms with Crippen molar-refractivity contribution in [1.29, 1.82) is 0 Å². The van der Waals surface area contributed by atoms with E-state index in [4.69, 9.17) is 4.74 Å². The first-order valence-corrected chi connectivity index (χ1v) is 10.3. The van der Waals surface area contributed by atoms with Gasteiger partial charge in [-0.25, -0.2) is 4.79 Å². The van der Waals surface area contributed by atoms with E-state index in [-0.39, 0.29) is 17.2 Å². The lowest BCUT2D eigenvalue weighted by atomic mass is 10.3. The van der Waals surface area contributed by atoms with Crippen LogP contribution in [0.1, 0.15) is 6.92 Å². The number of nitrogens with one attached hydrogen (secondary N) is 3. The maximum atomic E-state index is 12.5. The van der Waals surface area contributed by atoms with E-state index < -0.39 is 0 Å². The van der Waals surface area contributed by atoms with E-state index in [1.165, 1.54) is 11.8 Å². The molecule has 0 heterocycles. The van der Waals surface area contributed by atoms with E-state index in [1.54, 1.807) is 31.4 Å². The molecule has 3 amide bonds. The number of urea groups is 1. The first kappa shape index (κ1) is 21.3. The van der Waals surface area contributed by atoms with Gasteiger partial charge in [0, 0.05) is 16.3 Å². The Morgan fingerprint density at radius 2 is 1.40 bits per heavy atom. The number of hydrogen-bond acceptors (Lipinski definition) is 4. The van der Waals surface area contributed by atoms with Crippen molar-refractivity contribution in [1.82, 2.24) is 0 Å². The van der Waals surface area contributed by atoms with E-state index in [1.807, 2.05) is 61.5 Å². The van der Waals surface area contributed by atoms with Crippen LogP contribution in [0.2, 0.25) is 0 Å². The van der Waals surface area contributed by atoms with Gasteiger partial charge < -0.3 is 20.7 Å². The first-order chi connectivity index (χ1) is 14.5. The molecule has 0 saturated carbocycles. The SMILES string of the molecule is COc1ccccc1NC(=O)C(C)Sc1ccc(NC(=O)Nc2ccccc2)cc1. The molecule has 0 spiro atoms. The smallest absolute Gasteiger partial charge is 0.323 e. The second-order valence-corrected chi connectivity index (χ2v) is 7.83. The van der Waals surface area contributed by atoms with Gasteiger partial charge in [0.15, 0.2) is 0 Å². The fraction of sp³-hybridized carbons (Fsp3) is 0.130. The van der Waals surface area contributed by atoms with E-state index in [9.17, 15) is 9.59 Å². The highest BCUT2D eigenvalue weighted by Crippen LogP contribution is 2.28. The molecule has 30 heavy (non-hydrogen) atoms. The predicted octanol–water partition coefficient (Wildman–Crippen LogP) is 5.46. The maximum Gasteiger partial charge on any atom is 0.323 e. The first-order valence-electron chi connectivity index (χ1n) is 9.39. The molecule has 3 aromatic rings. The zero-order valence-electron chi connectivity index (χ0n) is 16.7. The lowest BCUT2D eigenvalue weighted by molar-refractivity contribution is -0.115. The van der Waals surface area contributed by atoms with Crippen molar-refractivity contribution in [3.05, 3.63) is 78.9 Å². The van der Waals surface area contributed by atoms with Crippen molar-refractivity contribution in [2.75, 3.05) is 23.1 Å². The summed E-state index contributed by atoms with van der Waals surface area (Å²) in [4.78, 5) is 25.5. The van der Waals surface area contributed by atoms with E-state index >= 15 is 0 Å². The Morgan fingerprint density at radius 3 is 2.07 bits per heavy atom. The molecule has 0 aromatic heterocycles. The minimum atomic E-state index is -0.314. The van der Waals surface area contributed by atoms with Crippen molar-refractivity contribution >= 4 is 40.8 Å². The molecule has 0 saturated heterocycles. The van der Waals surface area contributed by atoms with Gasteiger partial charge in [-0.3, -0.25) is 4.79 Å². The number of carbonyl (C=O) groups is 2. The Bertz CT molecular complexity index is 994. The van der Waals surface area contributed by atoms with Gasteiger partial charge in [0.1, 0.15) is 5.75 Å². The van der Waals surface area contributed by atoms with Gasteiger partial charge in [0.05, 0.1) is 18.0 Å². The zero-order valence-corrected chi connectivity index (χ0v) is 17.5. The van der Waals surface area contributed by atoms with Crippen LogP contribution in [0.25, 0.3) is 0 Å². The van der Waals surface area contributed by atoms with Crippen LogP contribution in [-0.4, -0.2) is 24.3 Å². The van der Waals surface area contributed by atoms with Crippen LogP contribution in [0.3, 0.4) is 0 Å². The third-order valence-corrected chi connectivity index (χ3v) is 5.30. The number of thioether (sulfide) groups is 1. The highest BCUT2D eigenvalue weighted by molar-refractivity contribution is 8.00. The molecule has 0 aliphatic heterocycles. The molecule has 3 aromatic carbocycles. The number of methoxy groups -OCH3 is 1. The summed E-state index contributed by atoms with van der Waals surface area (Å²) in [5, 5.41) is 8.13. The highest BCUT2D eigenvalue weighted by atomic mass is 32.2. The molecule has 1 atom stereocenters. The lowest BCUT2D eigenvalue weighted by Crippen LogP contribution is -2.22. The number of para-hydroxylation sites is 3. The summed E-state index contributed by atoms with van der Waals surface area (Å²) >= 11 is 1.43. The van der Waals surface area contributed by atoms with Gasteiger partial charge in [0.2, 0.25) is 5.91 Å². The second-order valence-electron chi connectivity index (χ2n) is 6.42. The molecule has 0 fully saturated rings. The Hall–Kier alpha value is -3.45. The average Bonchev–Trinajstić information content (AvgIpc) is 2.76. The third-order valence-electron chi connectivity index (χ3n) is 4.19. The third kappa shape index (κ3) is 6.02. The molecule has 3 N–H and O–H groups in total. The molecule has 6 nitrogen and oxygen atoms in total. The normalized spacial score (nSPS) is 11.3.